The molecular weight excluding hydrogens is 280 g/mol. The molecule has 0 bridgehead atoms. The highest BCUT2D eigenvalue weighted by Crippen LogP contribution is 2.27. The van der Waals surface area contributed by atoms with Crippen molar-refractivity contribution in [2.24, 2.45) is 5.14 Å². The second kappa shape index (κ2) is 5.83. The van der Waals surface area contributed by atoms with Gasteiger partial charge in [-0.1, -0.05) is 19.1 Å². The molecule has 6 heteroatoms. The van der Waals surface area contributed by atoms with Gasteiger partial charge in [0.2, 0.25) is 10.0 Å². The summed E-state index contributed by atoms with van der Waals surface area (Å²) in [5.74, 6) is 1.14. The van der Waals surface area contributed by atoms with Gasteiger partial charge in [0.1, 0.15) is 0 Å². The van der Waals surface area contributed by atoms with Crippen molar-refractivity contribution in [1.29, 1.82) is 0 Å². The zero-order valence-corrected chi connectivity index (χ0v) is 12.8. The zero-order chi connectivity index (χ0) is 14.0. The fourth-order valence-electron chi connectivity index (χ4n) is 2.33. The molecule has 4 nitrogen and oxygen atoms in total. The van der Waals surface area contributed by atoms with Crippen molar-refractivity contribution < 1.29 is 8.42 Å². The molecule has 1 aromatic carbocycles. The molecule has 0 amide bonds. The molecule has 1 saturated heterocycles. The molecule has 106 valence electrons. The van der Waals surface area contributed by atoms with E-state index in [1.54, 1.807) is 12.1 Å². The van der Waals surface area contributed by atoms with Gasteiger partial charge >= 0.3 is 0 Å². The lowest BCUT2D eigenvalue weighted by Gasteiger charge is -2.19. The van der Waals surface area contributed by atoms with Gasteiger partial charge in [-0.2, -0.15) is 11.8 Å². The van der Waals surface area contributed by atoms with Crippen molar-refractivity contribution >= 4 is 21.8 Å². The fraction of sp³-hybridized carbons (Fsp3) is 0.538. The van der Waals surface area contributed by atoms with E-state index >= 15 is 0 Å². The van der Waals surface area contributed by atoms with Crippen LogP contribution in [0.4, 0.5) is 0 Å². The maximum absolute atomic E-state index is 11.2. The van der Waals surface area contributed by atoms with Crippen LogP contribution in [0.25, 0.3) is 0 Å². The van der Waals surface area contributed by atoms with Gasteiger partial charge in [-0.05, 0) is 31.0 Å². The smallest absolute Gasteiger partial charge is 0.238 e. The molecule has 1 aromatic rings. The predicted octanol–water partition coefficient (Wildman–Crippen LogP) is 1.88. The van der Waals surface area contributed by atoms with Gasteiger partial charge in [0.05, 0.1) is 4.90 Å². The van der Waals surface area contributed by atoms with E-state index < -0.39 is 10.0 Å². The lowest BCUT2D eigenvalue weighted by Crippen LogP contribution is -2.31. The van der Waals surface area contributed by atoms with Crippen molar-refractivity contribution in [2.75, 3.05) is 5.75 Å². The first kappa shape index (κ1) is 14.8. The summed E-state index contributed by atoms with van der Waals surface area (Å²) in [7, 11) is -3.60. The average molecular weight is 300 g/mol. The highest BCUT2D eigenvalue weighted by atomic mass is 32.2. The van der Waals surface area contributed by atoms with Crippen LogP contribution in [0.1, 0.15) is 31.9 Å². The van der Waals surface area contributed by atoms with Crippen LogP contribution in [0, 0.1) is 0 Å². The van der Waals surface area contributed by atoms with E-state index in [4.69, 9.17) is 5.14 Å². The van der Waals surface area contributed by atoms with Crippen molar-refractivity contribution in [1.82, 2.24) is 5.32 Å². The van der Waals surface area contributed by atoms with Crippen LogP contribution in [0.2, 0.25) is 0 Å². The second-order valence-electron chi connectivity index (χ2n) is 5.08. The third-order valence-corrected chi connectivity index (χ3v) is 5.68. The Morgan fingerprint density at radius 1 is 1.37 bits per heavy atom. The fourth-order valence-corrected chi connectivity index (χ4v) is 4.01. The van der Waals surface area contributed by atoms with Crippen LogP contribution in [0.15, 0.2) is 29.2 Å². The number of nitrogens with two attached hydrogens (primary N) is 1. The van der Waals surface area contributed by atoms with E-state index in [9.17, 15) is 8.42 Å². The number of thioether (sulfide) groups is 1. The van der Waals surface area contributed by atoms with E-state index in [0.717, 1.165) is 16.6 Å². The maximum Gasteiger partial charge on any atom is 0.238 e. The first-order valence-corrected chi connectivity index (χ1v) is 8.96. The normalized spacial score (nSPS) is 25.4. The number of hydrogen-bond acceptors (Lipinski definition) is 4. The quantitative estimate of drug-likeness (QED) is 0.890. The molecule has 0 aliphatic carbocycles. The molecule has 0 saturated carbocycles. The summed E-state index contributed by atoms with van der Waals surface area (Å²) in [6.07, 6.45) is 1.18. The summed E-state index contributed by atoms with van der Waals surface area (Å²) < 4.78 is 22.4. The molecule has 3 N–H and O–H groups in total. The Kier molecular flexibility index (Phi) is 4.55. The van der Waals surface area contributed by atoms with Gasteiger partial charge in [0.15, 0.2) is 0 Å². The number of rotatable bonds is 4. The van der Waals surface area contributed by atoms with E-state index in [0.29, 0.717) is 6.04 Å². The van der Waals surface area contributed by atoms with Crippen LogP contribution in [-0.2, 0) is 10.0 Å². The Bertz CT molecular complexity index is 528. The topological polar surface area (TPSA) is 72.2 Å². The zero-order valence-electron chi connectivity index (χ0n) is 11.2. The van der Waals surface area contributed by atoms with Crippen molar-refractivity contribution in [3.05, 3.63) is 29.8 Å². The molecule has 1 fully saturated rings. The minimum atomic E-state index is -3.60. The molecule has 2 rings (SSSR count). The van der Waals surface area contributed by atoms with Gasteiger partial charge in [0, 0.05) is 23.1 Å². The molecule has 0 aromatic heterocycles. The van der Waals surface area contributed by atoms with Gasteiger partial charge in [-0.3, -0.25) is 0 Å². The monoisotopic (exact) mass is 300 g/mol. The van der Waals surface area contributed by atoms with E-state index in [1.165, 1.54) is 6.42 Å². The number of primary sulfonamides is 1. The van der Waals surface area contributed by atoms with E-state index in [2.05, 4.69) is 19.2 Å². The molecule has 3 unspecified atom stereocenters. The second-order valence-corrected chi connectivity index (χ2v) is 8.11. The average Bonchev–Trinajstić information content (AvgIpc) is 2.74. The van der Waals surface area contributed by atoms with E-state index in [1.807, 2.05) is 23.9 Å². The molecule has 0 spiro atoms. The summed E-state index contributed by atoms with van der Waals surface area (Å²) >= 11 is 1.99. The first-order chi connectivity index (χ1) is 8.86. The van der Waals surface area contributed by atoms with Gasteiger partial charge in [-0.15, -0.1) is 0 Å². The maximum atomic E-state index is 11.2. The van der Waals surface area contributed by atoms with Crippen molar-refractivity contribution in [3.63, 3.8) is 0 Å². The third-order valence-electron chi connectivity index (χ3n) is 3.39. The summed E-state index contributed by atoms with van der Waals surface area (Å²) in [5, 5.41) is 9.38. The van der Waals surface area contributed by atoms with Crippen LogP contribution >= 0.6 is 11.8 Å². The van der Waals surface area contributed by atoms with Crippen LogP contribution in [0.5, 0.6) is 0 Å². The molecule has 1 aliphatic heterocycles. The standard InChI is InChI=1S/C13H20N2O2S2/c1-9-7-12(8-18-9)15-10(2)11-3-5-13(6-4-11)19(14,16)17/h3-6,9-10,12,15H,7-8H2,1-2H3,(H2,14,16,17). The molecule has 3 atom stereocenters. The van der Waals surface area contributed by atoms with Crippen LogP contribution in [-0.4, -0.2) is 25.5 Å². The summed E-state index contributed by atoms with van der Waals surface area (Å²) in [6, 6.07) is 7.52. The lowest BCUT2D eigenvalue weighted by atomic mass is 10.1. The minimum Gasteiger partial charge on any atom is -0.307 e. The highest BCUT2D eigenvalue weighted by Gasteiger charge is 2.23. The number of sulfonamides is 1. The van der Waals surface area contributed by atoms with Gasteiger partial charge in [-0.25, -0.2) is 13.6 Å². The number of hydrogen-bond donors (Lipinski definition) is 2. The van der Waals surface area contributed by atoms with Crippen molar-refractivity contribution in [3.8, 4) is 0 Å². The Morgan fingerprint density at radius 3 is 2.47 bits per heavy atom. The van der Waals surface area contributed by atoms with Crippen LogP contribution < -0.4 is 10.5 Å². The molecule has 1 heterocycles. The Hall–Kier alpha value is -0.560. The lowest BCUT2D eigenvalue weighted by molar-refractivity contribution is 0.474. The summed E-state index contributed by atoms with van der Waals surface area (Å²) in [6.45, 7) is 4.34. The Morgan fingerprint density at radius 2 is 2.00 bits per heavy atom. The largest absolute Gasteiger partial charge is 0.307 e. The van der Waals surface area contributed by atoms with Gasteiger partial charge < -0.3 is 5.32 Å². The molecule has 0 radical (unpaired) electrons. The minimum absolute atomic E-state index is 0.161. The summed E-state index contributed by atoms with van der Waals surface area (Å²) in [5.41, 5.74) is 1.08. The van der Waals surface area contributed by atoms with Crippen molar-refractivity contribution in [2.45, 2.75) is 42.5 Å². The molecule has 19 heavy (non-hydrogen) atoms. The number of nitrogens with one attached hydrogen (secondary N) is 1. The molecular formula is C13H20N2O2S2. The predicted molar refractivity (Wildman–Crippen MR) is 79.7 cm³/mol. The number of benzene rings is 1. The SMILES string of the molecule is CC1CC(NC(C)c2ccc(S(N)(=O)=O)cc2)CS1. The highest BCUT2D eigenvalue weighted by molar-refractivity contribution is 8.00. The Balaban J connectivity index is 2.01. The Labute approximate surface area is 119 Å². The summed E-state index contributed by atoms with van der Waals surface area (Å²) in [4.78, 5) is 0.161. The van der Waals surface area contributed by atoms with E-state index in [-0.39, 0.29) is 10.9 Å². The van der Waals surface area contributed by atoms with Gasteiger partial charge in [0.25, 0.3) is 0 Å². The third kappa shape index (κ3) is 3.95. The first-order valence-electron chi connectivity index (χ1n) is 6.36. The van der Waals surface area contributed by atoms with Crippen LogP contribution in [0.3, 0.4) is 0 Å². The molecule has 1 aliphatic rings.